The predicted molar refractivity (Wildman–Crippen MR) is 66.3 cm³/mol. The molecule has 1 saturated carbocycles. The Morgan fingerprint density at radius 1 is 1.35 bits per heavy atom. The summed E-state index contributed by atoms with van der Waals surface area (Å²) >= 11 is 0. The van der Waals surface area contributed by atoms with Crippen LogP contribution in [0.5, 0.6) is 5.75 Å². The van der Waals surface area contributed by atoms with Crippen LogP contribution >= 0.6 is 10.7 Å². The van der Waals surface area contributed by atoms with Gasteiger partial charge in [0.2, 0.25) is 0 Å². The minimum atomic E-state index is -3.64. The lowest BCUT2D eigenvalue weighted by atomic mass is 10.2. The van der Waals surface area contributed by atoms with E-state index >= 15 is 0 Å². The molecular weight excluding hydrogens is 262 g/mol. The Labute approximate surface area is 106 Å². The average Bonchev–Trinajstić information content (AvgIpc) is 3.09. The Kier molecular flexibility index (Phi) is 3.61. The van der Waals surface area contributed by atoms with E-state index in [4.69, 9.17) is 15.4 Å². The van der Waals surface area contributed by atoms with Crippen molar-refractivity contribution < 1.29 is 13.2 Å². The fraction of sp³-hybridized carbons (Fsp3) is 0.455. The van der Waals surface area contributed by atoms with Gasteiger partial charge in [-0.1, -0.05) is 12.1 Å². The Bertz CT molecular complexity index is 482. The molecule has 0 aliphatic heterocycles. The van der Waals surface area contributed by atoms with Gasteiger partial charge in [-0.2, -0.15) is 12.7 Å². The van der Waals surface area contributed by atoms with E-state index in [1.54, 1.807) is 19.2 Å². The van der Waals surface area contributed by atoms with E-state index in [9.17, 15) is 8.42 Å². The second-order valence-corrected chi connectivity index (χ2v) is 6.53. The van der Waals surface area contributed by atoms with Crippen molar-refractivity contribution in [2.45, 2.75) is 25.4 Å². The monoisotopic (exact) mass is 275 g/mol. The number of nitrogens with zero attached hydrogens (tertiary/aromatic N) is 1. The van der Waals surface area contributed by atoms with Crippen LogP contribution in [0.3, 0.4) is 0 Å². The lowest BCUT2D eigenvalue weighted by Crippen LogP contribution is -2.28. The smallest absolute Gasteiger partial charge is 0.300 e. The van der Waals surface area contributed by atoms with Gasteiger partial charge in [-0.3, -0.25) is 0 Å². The van der Waals surface area contributed by atoms with Gasteiger partial charge in [0.05, 0.1) is 7.11 Å². The van der Waals surface area contributed by atoms with Crippen LogP contribution in [0.4, 0.5) is 0 Å². The van der Waals surface area contributed by atoms with Crippen molar-refractivity contribution in [2.75, 3.05) is 7.11 Å². The van der Waals surface area contributed by atoms with E-state index in [-0.39, 0.29) is 6.04 Å². The maximum atomic E-state index is 11.4. The summed E-state index contributed by atoms with van der Waals surface area (Å²) in [7, 11) is 3.37. The number of hydrogen-bond acceptors (Lipinski definition) is 3. The molecule has 94 valence electrons. The van der Waals surface area contributed by atoms with Crippen LogP contribution in [0.2, 0.25) is 0 Å². The number of ether oxygens (including phenoxy) is 1. The molecule has 0 N–H and O–H groups in total. The maximum Gasteiger partial charge on any atom is 0.300 e. The summed E-state index contributed by atoms with van der Waals surface area (Å²) in [6, 6.07) is 7.37. The quantitative estimate of drug-likeness (QED) is 0.774. The minimum Gasteiger partial charge on any atom is -0.497 e. The molecule has 0 bridgehead atoms. The second kappa shape index (κ2) is 4.84. The first-order valence-corrected chi connectivity index (χ1v) is 7.61. The summed E-state index contributed by atoms with van der Waals surface area (Å²) < 4.78 is 29.2. The molecule has 0 radical (unpaired) electrons. The number of halogens is 1. The number of benzene rings is 1. The molecule has 0 unspecified atom stereocenters. The van der Waals surface area contributed by atoms with E-state index < -0.39 is 9.24 Å². The van der Waals surface area contributed by atoms with E-state index in [1.807, 2.05) is 12.1 Å². The Morgan fingerprint density at radius 2 is 1.94 bits per heavy atom. The Balaban J connectivity index is 2.12. The standard InChI is InChI=1S/C11H14ClNO3S/c1-16-11-6-2-9(3-7-11)8-13(10-4-5-10)17(12,14)15/h2-3,6-7,10H,4-5,8H2,1H3. The van der Waals surface area contributed by atoms with Crippen LogP contribution in [-0.4, -0.2) is 25.9 Å². The summed E-state index contributed by atoms with van der Waals surface area (Å²) in [5, 5.41) is 0. The zero-order valence-electron chi connectivity index (χ0n) is 9.47. The van der Waals surface area contributed by atoms with E-state index in [1.165, 1.54) is 4.31 Å². The van der Waals surface area contributed by atoms with Gasteiger partial charge >= 0.3 is 0 Å². The first kappa shape index (κ1) is 12.7. The average molecular weight is 276 g/mol. The van der Waals surface area contributed by atoms with Crippen molar-refractivity contribution in [3.05, 3.63) is 29.8 Å². The highest BCUT2D eigenvalue weighted by molar-refractivity contribution is 8.11. The number of methoxy groups -OCH3 is 1. The Hall–Kier alpha value is -0.780. The van der Waals surface area contributed by atoms with Crippen LogP contribution in [-0.2, 0) is 15.8 Å². The molecule has 1 fully saturated rings. The molecule has 1 aliphatic rings. The molecule has 0 saturated heterocycles. The lowest BCUT2D eigenvalue weighted by molar-refractivity contribution is 0.405. The molecule has 0 aromatic heterocycles. The van der Waals surface area contributed by atoms with Crippen molar-refractivity contribution in [1.29, 1.82) is 0 Å². The molecule has 1 aliphatic carbocycles. The Morgan fingerprint density at radius 3 is 2.35 bits per heavy atom. The van der Waals surface area contributed by atoms with Crippen LogP contribution in [0.25, 0.3) is 0 Å². The van der Waals surface area contributed by atoms with Gasteiger partial charge in [0, 0.05) is 23.3 Å². The zero-order chi connectivity index (χ0) is 12.5. The molecule has 1 aromatic rings. The van der Waals surface area contributed by atoms with Crippen LogP contribution in [0.15, 0.2) is 24.3 Å². The van der Waals surface area contributed by atoms with Crippen molar-refractivity contribution in [3.63, 3.8) is 0 Å². The minimum absolute atomic E-state index is 0.0691. The van der Waals surface area contributed by atoms with Gasteiger partial charge in [0.15, 0.2) is 0 Å². The van der Waals surface area contributed by atoms with Crippen LogP contribution < -0.4 is 4.74 Å². The highest BCUT2D eigenvalue weighted by atomic mass is 35.7. The summed E-state index contributed by atoms with van der Waals surface area (Å²) in [6.07, 6.45) is 1.78. The highest BCUT2D eigenvalue weighted by Crippen LogP contribution is 2.32. The maximum absolute atomic E-state index is 11.4. The molecule has 17 heavy (non-hydrogen) atoms. The van der Waals surface area contributed by atoms with Gasteiger partial charge in [-0.15, -0.1) is 0 Å². The topological polar surface area (TPSA) is 46.6 Å². The van der Waals surface area contributed by atoms with E-state index in [0.717, 1.165) is 24.2 Å². The molecule has 0 heterocycles. The zero-order valence-corrected chi connectivity index (χ0v) is 11.0. The SMILES string of the molecule is COc1ccc(CN(C2CC2)S(=O)(=O)Cl)cc1. The fourth-order valence-corrected chi connectivity index (χ4v) is 3.01. The summed E-state index contributed by atoms with van der Waals surface area (Å²) in [5.41, 5.74) is 0.905. The van der Waals surface area contributed by atoms with Gasteiger partial charge in [-0.05, 0) is 30.5 Å². The summed E-state index contributed by atoms with van der Waals surface area (Å²) in [4.78, 5) is 0. The molecule has 0 spiro atoms. The first-order valence-electron chi connectivity index (χ1n) is 5.35. The summed E-state index contributed by atoms with van der Waals surface area (Å²) in [5.74, 6) is 0.750. The summed E-state index contributed by atoms with van der Waals surface area (Å²) in [6.45, 7) is 0.320. The van der Waals surface area contributed by atoms with Crippen LogP contribution in [0.1, 0.15) is 18.4 Å². The second-order valence-electron chi connectivity index (χ2n) is 4.07. The molecule has 6 heteroatoms. The van der Waals surface area contributed by atoms with Gasteiger partial charge < -0.3 is 4.74 Å². The fourth-order valence-electron chi connectivity index (χ4n) is 1.66. The third-order valence-corrected chi connectivity index (χ3v) is 4.25. The third kappa shape index (κ3) is 3.34. The lowest BCUT2D eigenvalue weighted by Gasteiger charge is -2.17. The largest absolute Gasteiger partial charge is 0.497 e. The van der Waals surface area contributed by atoms with Gasteiger partial charge in [0.1, 0.15) is 5.75 Å². The molecular formula is C11H14ClNO3S. The number of rotatable bonds is 5. The van der Waals surface area contributed by atoms with Crippen molar-refractivity contribution in [1.82, 2.24) is 4.31 Å². The predicted octanol–water partition coefficient (Wildman–Crippen LogP) is 2.14. The molecule has 1 aromatic carbocycles. The van der Waals surface area contributed by atoms with Crippen LogP contribution in [0, 0.1) is 0 Å². The number of hydrogen-bond donors (Lipinski definition) is 0. The molecule has 4 nitrogen and oxygen atoms in total. The highest BCUT2D eigenvalue weighted by Gasteiger charge is 2.36. The van der Waals surface area contributed by atoms with E-state index in [0.29, 0.717) is 6.54 Å². The molecule has 0 atom stereocenters. The third-order valence-electron chi connectivity index (χ3n) is 2.73. The molecule has 0 amide bonds. The first-order chi connectivity index (χ1) is 8.00. The van der Waals surface area contributed by atoms with Gasteiger partial charge in [-0.25, -0.2) is 0 Å². The van der Waals surface area contributed by atoms with Crippen molar-refractivity contribution >= 4 is 19.9 Å². The molecule has 2 rings (SSSR count). The van der Waals surface area contributed by atoms with Crippen molar-refractivity contribution in [3.8, 4) is 5.75 Å². The normalized spacial score (nSPS) is 16.2. The van der Waals surface area contributed by atoms with Crippen molar-refractivity contribution in [2.24, 2.45) is 0 Å². The van der Waals surface area contributed by atoms with E-state index in [2.05, 4.69) is 0 Å². The van der Waals surface area contributed by atoms with Gasteiger partial charge in [0.25, 0.3) is 9.24 Å².